The van der Waals surface area contributed by atoms with Crippen molar-refractivity contribution in [2.75, 3.05) is 33.4 Å². The molecule has 2 fully saturated rings. The van der Waals surface area contributed by atoms with Gasteiger partial charge in [0.15, 0.2) is 5.82 Å². The van der Waals surface area contributed by atoms with Gasteiger partial charge in [-0.2, -0.15) is 9.29 Å². The molecule has 1 aromatic heterocycles. The maximum absolute atomic E-state index is 13.1. The molecule has 1 aliphatic heterocycles. The SMILES string of the molecule is COc1ccc(-c2nc(C3(N)CCC3)no2)cc1S(=O)(=O)N1CCOCC1. The van der Waals surface area contributed by atoms with E-state index >= 15 is 0 Å². The van der Waals surface area contributed by atoms with Crippen LogP contribution in [0.5, 0.6) is 5.75 Å². The molecule has 2 aromatic rings. The molecule has 2 heterocycles. The molecule has 4 rings (SSSR count). The predicted octanol–water partition coefficient (Wildman–Crippen LogP) is 1.10. The molecule has 0 bridgehead atoms. The smallest absolute Gasteiger partial charge is 0.258 e. The summed E-state index contributed by atoms with van der Waals surface area (Å²) in [6, 6.07) is 4.79. The Labute approximate surface area is 157 Å². The second kappa shape index (κ2) is 6.86. The number of hydrogen-bond acceptors (Lipinski definition) is 8. The standard InChI is InChI=1S/C17H22N4O5S/c1-24-13-4-3-12(15-19-16(20-26-15)17(18)5-2-6-17)11-14(13)27(22,23)21-7-9-25-10-8-21/h3-4,11H,2,5-10,18H2,1H3. The number of morpholine rings is 1. The lowest BCUT2D eigenvalue weighted by Crippen LogP contribution is -2.44. The van der Waals surface area contributed by atoms with Gasteiger partial charge in [-0.15, -0.1) is 0 Å². The normalized spacial score (nSPS) is 20.2. The topological polar surface area (TPSA) is 121 Å². The van der Waals surface area contributed by atoms with Gasteiger partial charge in [0.1, 0.15) is 10.6 Å². The minimum Gasteiger partial charge on any atom is -0.495 e. The maximum Gasteiger partial charge on any atom is 0.258 e. The summed E-state index contributed by atoms with van der Waals surface area (Å²) in [5, 5.41) is 3.99. The van der Waals surface area contributed by atoms with Crippen molar-refractivity contribution in [3.63, 3.8) is 0 Å². The molecule has 1 saturated carbocycles. The van der Waals surface area contributed by atoms with E-state index in [-0.39, 0.29) is 16.5 Å². The van der Waals surface area contributed by atoms with Crippen LogP contribution < -0.4 is 10.5 Å². The molecule has 0 spiro atoms. The summed E-state index contributed by atoms with van der Waals surface area (Å²) in [7, 11) is -2.30. The number of rotatable bonds is 5. The first kappa shape index (κ1) is 18.4. The summed E-state index contributed by atoms with van der Waals surface area (Å²) in [4.78, 5) is 4.46. The Kier molecular flexibility index (Phi) is 4.66. The second-order valence-corrected chi connectivity index (χ2v) is 8.72. The van der Waals surface area contributed by atoms with Gasteiger partial charge >= 0.3 is 0 Å². The number of aromatic nitrogens is 2. The van der Waals surface area contributed by atoms with E-state index in [0.717, 1.165) is 19.3 Å². The van der Waals surface area contributed by atoms with Crippen molar-refractivity contribution in [2.24, 2.45) is 5.73 Å². The van der Waals surface area contributed by atoms with Gasteiger partial charge in [-0.05, 0) is 37.5 Å². The fraction of sp³-hybridized carbons (Fsp3) is 0.529. The van der Waals surface area contributed by atoms with E-state index in [1.807, 2.05) is 0 Å². The van der Waals surface area contributed by atoms with E-state index in [0.29, 0.717) is 37.7 Å². The van der Waals surface area contributed by atoms with Gasteiger partial charge in [-0.25, -0.2) is 8.42 Å². The van der Waals surface area contributed by atoms with E-state index in [9.17, 15) is 8.42 Å². The first-order valence-electron chi connectivity index (χ1n) is 8.83. The van der Waals surface area contributed by atoms with Crippen molar-refractivity contribution in [2.45, 2.75) is 29.7 Å². The van der Waals surface area contributed by atoms with Crippen molar-refractivity contribution in [3.05, 3.63) is 24.0 Å². The monoisotopic (exact) mass is 394 g/mol. The van der Waals surface area contributed by atoms with Crippen molar-refractivity contribution < 1.29 is 22.4 Å². The van der Waals surface area contributed by atoms with Crippen molar-refractivity contribution in [1.29, 1.82) is 0 Å². The molecule has 2 aliphatic rings. The van der Waals surface area contributed by atoms with Crippen molar-refractivity contribution >= 4 is 10.0 Å². The average molecular weight is 394 g/mol. The van der Waals surface area contributed by atoms with E-state index in [1.165, 1.54) is 17.5 Å². The van der Waals surface area contributed by atoms with Crippen LogP contribution in [0.3, 0.4) is 0 Å². The molecular formula is C17H22N4O5S. The lowest BCUT2D eigenvalue weighted by molar-refractivity contribution is 0.0729. The molecule has 0 atom stereocenters. The van der Waals surface area contributed by atoms with Crippen LogP contribution in [0.4, 0.5) is 0 Å². The molecular weight excluding hydrogens is 372 g/mol. The van der Waals surface area contributed by atoms with Crippen LogP contribution in [0.2, 0.25) is 0 Å². The van der Waals surface area contributed by atoms with Crippen LogP contribution in [0, 0.1) is 0 Å². The number of nitrogens with zero attached hydrogens (tertiary/aromatic N) is 3. The third-order valence-corrected chi connectivity index (χ3v) is 7.04. The number of ether oxygens (including phenoxy) is 2. The highest BCUT2D eigenvalue weighted by molar-refractivity contribution is 7.89. The minimum atomic E-state index is -3.74. The van der Waals surface area contributed by atoms with Gasteiger partial charge in [0, 0.05) is 18.7 Å². The molecule has 0 radical (unpaired) electrons. The molecule has 27 heavy (non-hydrogen) atoms. The summed E-state index contributed by atoms with van der Waals surface area (Å²) in [6.07, 6.45) is 2.65. The van der Waals surface area contributed by atoms with Crippen LogP contribution in [0.25, 0.3) is 11.5 Å². The Bertz CT molecular complexity index is 933. The number of hydrogen-bond donors (Lipinski definition) is 1. The lowest BCUT2D eigenvalue weighted by atomic mass is 9.77. The Balaban J connectivity index is 1.71. The third-order valence-electron chi connectivity index (χ3n) is 5.12. The van der Waals surface area contributed by atoms with Crippen LogP contribution in [0.15, 0.2) is 27.6 Å². The Morgan fingerprint density at radius 2 is 2.00 bits per heavy atom. The van der Waals surface area contributed by atoms with E-state index < -0.39 is 15.6 Å². The van der Waals surface area contributed by atoms with Gasteiger partial charge in [-0.3, -0.25) is 0 Å². The first-order valence-corrected chi connectivity index (χ1v) is 10.3. The highest BCUT2D eigenvalue weighted by Gasteiger charge is 2.39. The van der Waals surface area contributed by atoms with Gasteiger partial charge in [0.2, 0.25) is 10.0 Å². The van der Waals surface area contributed by atoms with Crippen molar-refractivity contribution in [3.8, 4) is 17.2 Å². The zero-order chi connectivity index (χ0) is 19.1. The summed E-state index contributed by atoms with van der Waals surface area (Å²) >= 11 is 0. The third kappa shape index (κ3) is 3.22. The lowest BCUT2D eigenvalue weighted by Gasteiger charge is -2.34. The van der Waals surface area contributed by atoms with Gasteiger partial charge in [0.25, 0.3) is 5.89 Å². The Morgan fingerprint density at radius 3 is 2.63 bits per heavy atom. The quantitative estimate of drug-likeness (QED) is 0.800. The molecule has 1 aromatic carbocycles. The van der Waals surface area contributed by atoms with E-state index in [2.05, 4.69) is 10.1 Å². The van der Waals surface area contributed by atoms with Gasteiger partial charge in [0.05, 0.1) is 25.9 Å². The largest absolute Gasteiger partial charge is 0.495 e. The zero-order valence-electron chi connectivity index (χ0n) is 15.1. The number of nitrogens with two attached hydrogens (primary N) is 1. The van der Waals surface area contributed by atoms with Crippen LogP contribution in [0.1, 0.15) is 25.1 Å². The van der Waals surface area contributed by atoms with E-state index in [1.54, 1.807) is 12.1 Å². The molecule has 146 valence electrons. The Morgan fingerprint density at radius 1 is 1.26 bits per heavy atom. The highest BCUT2D eigenvalue weighted by atomic mass is 32.2. The fourth-order valence-corrected chi connectivity index (χ4v) is 4.85. The Hall–Kier alpha value is -2.01. The van der Waals surface area contributed by atoms with Crippen molar-refractivity contribution in [1.82, 2.24) is 14.4 Å². The maximum atomic E-state index is 13.1. The first-order chi connectivity index (χ1) is 12.9. The summed E-state index contributed by atoms with van der Waals surface area (Å²) in [6.45, 7) is 1.34. The zero-order valence-corrected chi connectivity index (χ0v) is 15.9. The second-order valence-electron chi connectivity index (χ2n) is 6.81. The van der Waals surface area contributed by atoms with Crippen LogP contribution in [-0.4, -0.2) is 56.3 Å². The molecule has 0 amide bonds. The number of methoxy groups -OCH3 is 1. The molecule has 9 nitrogen and oxygen atoms in total. The minimum absolute atomic E-state index is 0.0651. The molecule has 1 aliphatic carbocycles. The molecule has 2 N–H and O–H groups in total. The van der Waals surface area contributed by atoms with E-state index in [4.69, 9.17) is 19.7 Å². The summed E-state index contributed by atoms with van der Waals surface area (Å²) < 4.78 is 43.4. The number of sulfonamides is 1. The molecule has 10 heteroatoms. The summed E-state index contributed by atoms with van der Waals surface area (Å²) in [5.74, 6) is 0.958. The summed E-state index contributed by atoms with van der Waals surface area (Å²) in [5.41, 5.74) is 6.20. The average Bonchev–Trinajstić information content (AvgIpc) is 3.17. The predicted molar refractivity (Wildman–Crippen MR) is 95.6 cm³/mol. The van der Waals surface area contributed by atoms with Gasteiger partial charge < -0.3 is 19.7 Å². The van der Waals surface area contributed by atoms with Gasteiger partial charge in [-0.1, -0.05) is 5.16 Å². The van der Waals surface area contributed by atoms with Crippen LogP contribution in [-0.2, 0) is 20.3 Å². The fourth-order valence-electron chi connectivity index (χ4n) is 3.26. The van der Waals surface area contributed by atoms with Crippen LogP contribution >= 0.6 is 0 Å². The number of benzene rings is 1. The molecule has 0 unspecified atom stereocenters. The molecule has 1 saturated heterocycles. The highest BCUT2D eigenvalue weighted by Crippen LogP contribution is 2.38.